The highest BCUT2D eigenvalue weighted by Gasteiger charge is 2.35. The molecule has 1 aliphatic carbocycles. The highest BCUT2D eigenvalue weighted by Crippen LogP contribution is 2.46. The van der Waals surface area contributed by atoms with Gasteiger partial charge in [0.1, 0.15) is 0 Å². The summed E-state index contributed by atoms with van der Waals surface area (Å²) in [4.78, 5) is 2.76. The summed E-state index contributed by atoms with van der Waals surface area (Å²) in [5.74, 6) is 0.812. The van der Waals surface area contributed by atoms with E-state index in [1.807, 2.05) is 0 Å². The zero-order valence-electron chi connectivity index (χ0n) is 14.7. The molecule has 128 valence electrons. The fourth-order valence-corrected chi connectivity index (χ4v) is 4.80. The molecule has 0 aromatic heterocycles. The van der Waals surface area contributed by atoms with E-state index in [1.165, 1.54) is 53.9 Å². The second kappa shape index (κ2) is 6.44. The molecular formula is C23H26N2. The minimum absolute atomic E-state index is 0.562. The molecule has 1 atom stereocenters. The van der Waals surface area contributed by atoms with Crippen LogP contribution in [0.5, 0.6) is 0 Å². The normalized spacial score (nSPS) is 20.6. The van der Waals surface area contributed by atoms with Crippen LogP contribution in [0.4, 0.5) is 0 Å². The monoisotopic (exact) mass is 330 g/mol. The van der Waals surface area contributed by atoms with Crippen LogP contribution in [0.2, 0.25) is 0 Å². The minimum atomic E-state index is 0.562. The summed E-state index contributed by atoms with van der Waals surface area (Å²) in [5, 5.41) is 9.21. The lowest BCUT2D eigenvalue weighted by Crippen LogP contribution is -2.48. The Morgan fingerprint density at radius 2 is 1.44 bits per heavy atom. The van der Waals surface area contributed by atoms with Gasteiger partial charge in [-0.3, -0.25) is 4.90 Å². The van der Waals surface area contributed by atoms with Gasteiger partial charge in [0, 0.05) is 32.2 Å². The molecule has 1 aliphatic heterocycles. The lowest BCUT2D eigenvalue weighted by Gasteiger charge is -2.44. The van der Waals surface area contributed by atoms with Crippen LogP contribution in [-0.4, -0.2) is 31.1 Å². The van der Waals surface area contributed by atoms with Gasteiger partial charge in [0.15, 0.2) is 0 Å². The van der Waals surface area contributed by atoms with E-state index in [9.17, 15) is 0 Å². The Balaban J connectivity index is 1.76. The third-order valence-electron chi connectivity index (χ3n) is 6.25. The molecule has 1 saturated heterocycles. The van der Waals surface area contributed by atoms with Gasteiger partial charge in [-0.05, 0) is 51.9 Å². The topological polar surface area (TPSA) is 15.3 Å². The van der Waals surface area contributed by atoms with Crippen LogP contribution in [0.3, 0.4) is 0 Å². The number of piperazine rings is 1. The van der Waals surface area contributed by atoms with Crippen molar-refractivity contribution in [3.63, 3.8) is 0 Å². The molecule has 1 heterocycles. The minimum Gasteiger partial charge on any atom is -0.314 e. The molecular weight excluding hydrogens is 304 g/mol. The second-order valence-electron chi connectivity index (χ2n) is 7.65. The molecule has 3 aromatic rings. The van der Waals surface area contributed by atoms with Crippen molar-refractivity contribution < 1.29 is 0 Å². The third kappa shape index (κ3) is 2.65. The van der Waals surface area contributed by atoms with E-state index in [2.05, 4.69) is 64.8 Å². The van der Waals surface area contributed by atoms with Crippen molar-refractivity contribution in [3.05, 3.63) is 60.2 Å². The fraction of sp³-hybridized carbons (Fsp3) is 0.391. The van der Waals surface area contributed by atoms with Crippen LogP contribution in [0.1, 0.15) is 30.9 Å². The van der Waals surface area contributed by atoms with E-state index >= 15 is 0 Å². The summed E-state index contributed by atoms with van der Waals surface area (Å²) < 4.78 is 0. The molecule has 0 amide bonds. The molecule has 2 nitrogen and oxygen atoms in total. The number of rotatable bonds is 3. The predicted octanol–water partition coefficient (Wildman–Crippen LogP) is 4.74. The van der Waals surface area contributed by atoms with Gasteiger partial charge in [-0.2, -0.15) is 0 Å². The average Bonchev–Trinajstić information content (AvgIpc) is 2.63. The van der Waals surface area contributed by atoms with Crippen LogP contribution in [0, 0.1) is 5.92 Å². The lowest BCUT2D eigenvalue weighted by molar-refractivity contribution is 0.0856. The van der Waals surface area contributed by atoms with Gasteiger partial charge in [-0.15, -0.1) is 0 Å². The van der Waals surface area contributed by atoms with Crippen molar-refractivity contribution in [2.24, 2.45) is 5.92 Å². The molecule has 2 heteroatoms. The Morgan fingerprint density at radius 1 is 0.840 bits per heavy atom. The molecule has 1 saturated carbocycles. The molecule has 5 rings (SSSR count). The van der Waals surface area contributed by atoms with Gasteiger partial charge in [0.05, 0.1) is 0 Å². The van der Waals surface area contributed by atoms with Crippen molar-refractivity contribution in [1.82, 2.24) is 10.2 Å². The van der Waals surface area contributed by atoms with Crippen LogP contribution < -0.4 is 5.32 Å². The molecule has 0 spiro atoms. The standard InChI is InChI=1S/C23H26N2/c1-3-10-20-18(6-1)16-19-7-2-4-11-21(19)22(20)23(17-8-5-9-17)25-14-12-24-13-15-25/h1-4,6-7,10-11,16-17,23-24H,5,8-9,12-15H2/t23-/m0/s1. The van der Waals surface area contributed by atoms with E-state index in [0.29, 0.717) is 6.04 Å². The van der Waals surface area contributed by atoms with Gasteiger partial charge >= 0.3 is 0 Å². The van der Waals surface area contributed by atoms with Crippen LogP contribution in [0.25, 0.3) is 21.5 Å². The lowest BCUT2D eigenvalue weighted by atomic mass is 9.74. The molecule has 25 heavy (non-hydrogen) atoms. The molecule has 0 bridgehead atoms. The maximum absolute atomic E-state index is 3.53. The first-order valence-corrected chi connectivity index (χ1v) is 9.77. The molecule has 1 N–H and O–H groups in total. The van der Waals surface area contributed by atoms with Crippen LogP contribution >= 0.6 is 0 Å². The van der Waals surface area contributed by atoms with Crippen molar-refractivity contribution in [3.8, 4) is 0 Å². The van der Waals surface area contributed by atoms with Crippen LogP contribution in [-0.2, 0) is 0 Å². The Bertz CT molecular complexity index is 837. The Hall–Kier alpha value is -1.90. The van der Waals surface area contributed by atoms with E-state index in [0.717, 1.165) is 19.0 Å². The number of hydrogen-bond acceptors (Lipinski definition) is 2. The van der Waals surface area contributed by atoms with Crippen molar-refractivity contribution in [2.75, 3.05) is 26.2 Å². The third-order valence-corrected chi connectivity index (χ3v) is 6.25. The Kier molecular flexibility index (Phi) is 3.95. The molecule has 0 radical (unpaired) electrons. The summed E-state index contributed by atoms with van der Waals surface area (Å²) >= 11 is 0. The number of hydrogen-bond donors (Lipinski definition) is 1. The summed E-state index contributed by atoms with van der Waals surface area (Å²) in [7, 11) is 0. The number of nitrogens with one attached hydrogen (secondary N) is 1. The quantitative estimate of drug-likeness (QED) is 0.698. The highest BCUT2D eigenvalue weighted by molar-refractivity contribution is 6.02. The van der Waals surface area contributed by atoms with E-state index < -0.39 is 0 Å². The number of benzene rings is 3. The first kappa shape index (κ1) is 15.4. The van der Waals surface area contributed by atoms with Gasteiger partial charge < -0.3 is 5.32 Å². The van der Waals surface area contributed by atoms with Crippen molar-refractivity contribution in [2.45, 2.75) is 25.3 Å². The van der Waals surface area contributed by atoms with Gasteiger partial charge in [-0.25, -0.2) is 0 Å². The largest absolute Gasteiger partial charge is 0.314 e. The first-order chi connectivity index (χ1) is 12.4. The number of fused-ring (bicyclic) bond motifs is 2. The molecule has 2 aliphatic rings. The Morgan fingerprint density at radius 3 is 2.00 bits per heavy atom. The first-order valence-electron chi connectivity index (χ1n) is 9.77. The van der Waals surface area contributed by atoms with Crippen LogP contribution in [0.15, 0.2) is 54.6 Å². The van der Waals surface area contributed by atoms with Crippen molar-refractivity contribution in [1.29, 1.82) is 0 Å². The Labute approximate surface area is 149 Å². The molecule has 0 unspecified atom stereocenters. The average molecular weight is 330 g/mol. The summed E-state index contributed by atoms with van der Waals surface area (Å²) in [5.41, 5.74) is 1.58. The predicted molar refractivity (Wildman–Crippen MR) is 106 cm³/mol. The van der Waals surface area contributed by atoms with Crippen molar-refractivity contribution >= 4 is 21.5 Å². The number of nitrogens with zero attached hydrogens (tertiary/aromatic N) is 1. The van der Waals surface area contributed by atoms with E-state index in [-0.39, 0.29) is 0 Å². The summed E-state index contributed by atoms with van der Waals surface area (Å²) in [6.07, 6.45) is 4.16. The maximum Gasteiger partial charge on any atom is 0.0389 e. The smallest absolute Gasteiger partial charge is 0.0389 e. The molecule has 2 fully saturated rings. The zero-order valence-corrected chi connectivity index (χ0v) is 14.7. The SMILES string of the molecule is c1ccc2c([C@H](C3CCC3)N3CCNCC3)c3ccccc3cc2c1. The van der Waals surface area contributed by atoms with Gasteiger partial charge in [0.2, 0.25) is 0 Å². The van der Waals surface area contributed by atoms with Gasteiger partial charge in [0.25, 0.3) is 0 Å². The van der Waals surface area contributed by atoms with Gasteiger partial charge in [-0.1, -0.05) is 55.0 Å². The zero-order chi connectivity index (χ0) is 16.6. The van der Waals surface area contributed by atoms with E-state index in [1.54, 1.807) is 5.56 Å². The fourth-order valence-electron chi connectivity index (χ4n) is 4.80. The second-order valence-corrected chi connectivity index (χ2v) is 7.65. The maximum atomic E-state index is 3.53. The summed E-state index contributed by atoms with van der Waals surface area (Å²) in [6.45, 7) is 4.56. The van der Waals surface area contributed by atoms with E-state index in [4.69, 9.17) is 0 Å². The molecule has 3 aromatic carbocycles. The summed E-state index contributed by atoms with van der Waals surface area (Å²) in [6, 6.07) is 20.9. The highest BCUT2D eigenvalue weighted by atomic mass is 15.2.